The molecule has 570 valence electrons. The molecule has 0 saturated carbocycles. The van der Waals surface area contributed by atoms with Crippen LogP contribution in [-0.4, -0.2) is 337 Å². The predicted molar refractivity (Wildman–Crippen MR) is 360 cm³/mol. The first kappa shape index (κ1) is 85.3. The number of hydrogen-bond donors (Lipinski definition) is 15. The van der Waals surface area contributed by atoms with Crippen molar-refractivity contribution in [3.63, 3.8) is 0 Å². The van der Waals surface area contributed by atoms with E-state index in [4.69, 9.17) is 34.4 Å². The lowest BCUT2D eigenvalue weighted by Gasteiger charge is -2.29. The molecule has 39 heteroatoms. The van der Waals surface area contributed by atoms with Crippen molar-refractivity contribution < 1.29 is 103 Å². The molecule has 0 unspecified atom stereocenters. The highest BCUT2D eigenvalue weighted by Gasteiger charge is 2.35. The zero-order valence-corrected chi connectivity index (χ0v) is 58.1. The maximum absolute atomic E-state index is 14.4. The van der Waals surface area contributed by atoms with Crippen LogP contribution in [0.3, 0.4) is 0 Å². The number of benzene rings is 1. The minimum absolute atomic E-state index is 0.0275. The average molecular weight is 1450 g/mol. The third kappa shape index (κ3) is 27.0. The summed E-state index contributed by atoms with van der Waals surface area (Å²) in [4.78, 5) is 206. The highest BCUT2D eigenvalue weighted by molar-refractivity contribution is 5.90. The van der Waals surface area contributed by atoms with Gasteiger partial charge in [-0.25, -0.2) is 0 Å². The van der Waals surface area contributed by atoms with Crippen LogP contribution in [0, 0.1) is 0 Å². The maximum atomic E-state index is 14.4. The third-order valence-corrected chi connectivity index (χ3v) is 17.9. The molecule has 6 atom stereocenters. The van der Waals surface area contributed by atoms with Gasteiger partial charge in [0, 0.05) is 137 Å². The summed E-state index contributed by atoms with van der Waals surface area (Å²) in [7, 11) is 0. The van der Waals surface area contributed by atoms with E-state index in [0.717, 1.165) is 0 Å². The third-order valence-electron chi connectivity index (χ3n) is 17.9. The number of hydrogen-bond acceptors (Lipinski definition) is 24. The van der Waals surface area contributed by atoms with Crippen LogP contribution >= 0.6 is 0 Å². The molecule has 3 aliphatic heterocycles. The smallest absolute Gasteiger partial charge is 0.305 e. The molecule has 0 aromatic heterocycles. The van der Waals surface area contributed by atoms with Crippen LogP contribution in [0.4, 0.5) is 0 Å². The number of carbonyl (C=O) groups excluding carboxylic acids is 9. The van der Waals surface area contributed by atoms with Crippen LogP contribution in [-0.2, 0) is 111 Å². The van der Waals surface area contributed by atoms with Crippen molar-refractivity contribution in [3.05, 3.63) is 33.4 Å². The summed E-state index contributed by atoms with van der Waals surface area (Å²) in [6.07, 6.45) is -3.27. The number of carboxylic acids is 6. The summed E-state index contributed by atoms with van der Waals surface area (Å²) in [5.74, 6) is -14.1. The first-order valence-electron chi connectivity index (χ1n) is 33.8. The molecular formula is C63H102N18O21. The van der Waals surface area contributed by atoms with Crippen molar-refractivity contribution in [1.82, 2.24) is 60.0 Å². The topological polar surface area (TPSA) is 599 Å². The lowest BCUT2D eigenvalue weighted by molar-refractivity contribution is -0.143. The SMILES string of the molecule is CCc1c(CNC(=O)CN2CCN(C(=O)[C@@H](N)CC(=O)O)CCN(C(=O)[C@@H](N)CC(=O)O)CC2)c(CC)c(CNC(=O)CN2CCN(C(=O)[C@@H](N)CC(=O)O)CCN(C(=O)[C@@H](N)CC(=O)O)CC2)c(CC)c1CNC(=O)CN1CCN(C(=O)[C@@H](N)CC(=O)O)CCN(C(=O)[C@@H](N)CC(=O)O)CC1. The molecule has 102 heavy (non-hydrogen) atoms. The lowest BCUT2D eigenvalue weighted by Crippen LogP contribution is -2.50. The van der Waals surface area contributed by atoms with E-state index in [-0.39, 0.29) is 157 Å². The lowest BCUT2D eigenvalue weighted by atomic mass is 9.83. The number of amides is 9. The van der Waals surface area contributed by atoms with Gasteiger partial charge in [-0.2, -0.15) is 0 Å². The zero-order valence-electron chi connectivity index (χ0n) is 58.1. The van der Waals surface area contributed by atoms with E-state index in [0.29, 0.717) is 52.6 Å². The number of nitrogens with two attached hydrogens (primary N) is 6. The normalized spacial score (nSPS) is 17.5. The molecule has 1 aromatic rings. The van der Waals surface area contributed by atoms with E-state index >= 15 is 0 Å². The second kappa shape index (κ2) is 41.7. The van der Waals surface area contributed by atoms with Crippen molar-refractivity contribution in [2.24, 2.45) is 34.4 Å². The van der Waals surface area contributed by atoms with Crippen LogP contribution in [0.5, 0.6) is 0 Å². The van der Waals surface area contributed by atoms with Gasteiger partial charge >= 0.3 is 35.8 Å². The van der Waals surface area contributed by atoms with Crippen LogP contribution in [0.2, 0.25) is 0 Å². The molecule has 0 spiro atoms. The van der Waals surface area contributed by atoms with Gasteiger partial charge in [0.25, 0.3) is 0 Å². The molecule has 3 fully saturated rings. The predicted octanol–water partition coefficient (Wildman–Crippen LogP) is -8.05. The minimum atomic E-state index is -1.46. The molecule has 0 aliphatic carbocycles. The summed E-state index contributed by atoms with van der Waals surface area (Å²) in [6, 6.07) is -8.76. The van der Waals surface area contributed by atoms with Crippen LogP contribution in [0.25, 0.3) is 0 Å². The summed E-state index contributed by atoms with van der Waals surface area (Å²) in [6.45, 7) is 3.22. The average Bonchev–Trinajstić information content (AvgIpc) is 0.828. The summed E-state index contributed by atoms with van der Waals surface area (Å²) >= 11 is 0. The molecule has 3 heterocycles. The first-order chi connectivity index (χ1) is 48.1. The van der Waals surface area contributed by atoms with Gasteiger partial charge in [-0.3, -0.25) is 86.6 Å². The Morgan fingerprint density at radius 1 is 0.275 bits per heavy atom. The molecule has 0 radical (unpaired) electrons. The summed E-state index contributed by atoms with van der Waals surface area (Å²) in [5, 5.41) is 65.5. The second-order valence-electron chi connectivity index (χ2n) is 25.3. The van der Waals surface area contributed by atoms with E-state index in [1.54, 1.807) is 14.7 Å². The maximum Gasteiger partial charge on any atom is 0.305 e. The highest BCUT2D eigenvalue weighted by atomic mass is 16.4. The fourth-order valence-electron chi connectivity index (χ4n) is 12.5. The van der Waals surface area contributed by atoms with Crippen molar-refractivity contribution >= 4 is 89.0 Å². The van der Waals surface area contributed by atoms with Crippen LogP contribution < -0.4 is 50.4 Å². The van der Waals surface area contributed by atoms with Gasteiger partial charge in [0.1, 0.15) is 0 Å². The van der Waals surface area contributed by atoms with Gasteiger partial charge in [-0.15, -0.1) is 0 Å². The van der Waals surface area contributed by atoms with E-state index < -0.39 is 164 Å². The number of nitrogens with zero attached hydrogens (tertiary/aromatic N) is 9. The Labute approximate surface area is 589 Å². The molecular weight excluding hydrogens is 1340 g/mol. The largest absolute Gasteiger partial charge is 0.481 e. The van der Waals surface area contributed by atoms with Gasteiger partial charge in [0.2, 0.25) is 53.2 Å². The van der Waals surface area contributed by atoms with Crippen molar-refractivity contribution in [2.45, 2.75) is 134 Å². The second-order valence-corrected chi connectivity index (χ2v) is 25.3. The number of carbonyl (C=O) groups is 15. The highest BCUT2D eigenvalue weighted by Crippen LogP contribution is 2.31. The standard InChI is InChI=1S/C63H102N18O21/c1-4-37-40(31-70-49(82)34-73-7-13-76(58(97)43(64)25-52(85)86)19-20-77(14-8-73)59(98)44(65)26-53(87)88)38(5-2)42(33-72-51(84)36-75-11-17-80(62(101)47(68)29-56(93)94)23-24-81(18-12-75)63(102)48(69)30-57(95)96)39(6-3)41(37)32-71-50(83)35-74-9-15-78(60(99)45(66)27-54(89)90)21-22-79(16-10-74)61(100)46(67)28-55(91)92/h43-48H,4-36,64-69H2,1-3H3,(H,70,82)(H,71,83)(H,72,84)(H,85,86)(H,87,88)(H,89,90)(H,91,92)(H,93,94)(H,95,96)/t43-,44-,45-,46-,47-,48-/m0/s1. The fraction of sp³-hybridized carbons (Fsp3) is 0.667. The Hall–Kier alpha value is -9.09. The van der Waals surface area contributed by atoms with Gasteiger partial charge < -0.3 is 110 Å². The van der Waals surface area contributed by atoms with E-state index in [1.165, 1.54) is 29.4 Å². The molecule has 21 N–H and O–H groups in total. The minimum Gasteiger partial charge on any atom is -0.481 e. The Bertz CT molecular complexity index is 2710. The molecule has 3 saturated heterocycles. The molecule has 39 nitrogen and oxygen atoms in total. The number of rotatable bonds is 33. The Morgan fingerprint density at radius 3 is 0.559 bits per heavy atom. The van der Waals surface area contributed by atoms with Crippen molar-refractivity contribution in [1.29, 1.82) is 0 Å². The first-order valence-corrected chi connectivity index (χ1v) is 33.8. The molecule has 9 amide bonds. The molecule has 4 rings (SSSR count). The van der Waals surface area contributed by atoms with Gasteiger partial charge in [-0.1, -0.05) is 20.8 Å². The number of nitrogens with one attached hydrogen (secondary N) is 3. The zero-order chi connectivity index (χ0) is 76.2. The van der Waals surface area contributed by atoms with Crippen molar-refractivity contribution in [3.8, 4) is 0 Å². The quantitative estimate of drug-likeness (QED) is 0.0311. The van der Waals surface area contributed by atoms with Gasteiger partial charge in [-0.05, 0) is 52.6 Å². The monoisotopic (exact) mass is 1450 g/mol. The fourth-order valence-corrected chi connectivity index (χ4v) is 12.5. The summed E-state index contributed by atoms with van der Waals surface area (Å²) < 4.78 is 0. The Morgan fingerprint density at radius 2 is 0.422 bits per heavy atom. The van der Waals surface area contributed by atoms with E-state index in [9.17, 15) is 103 Å². The van der Waals surface area contributed by atoms with E-state index in [2.05, 4.69) is 16.0 Å². The Balaban J connectivity index is 1.77. The van der Waals surface area contributed by atoms with Crippen LogP contribution in [0.1, 0.15) is 92.7 Å². The molecule has 0 bridgehead atoms. The summed E-state index contributed by atoms with van der Waals surface area (Å²) in [5.41, 5.74) is 40.0. The molecule has 3 aliphatic rings. The number of aliphatic carboxylic acids is 6. The van der Waals surface area contributed by atoms with Crippen LogP contribution in [0.15, 0.2) is 0 Å². The van der Waals surface area contributed by atoms with E-state index in [1.807, 2.05) is 20.8 Å². The van der Waals surface area contributed by atoms with Gasteiger partial charge in [0.15, 0.2) is 0 Å². The molecule has 1 aromatic carbocycles. The van der Waals surface area contributed by atoms with Gasteiger partial charge in [0.05, 0.1) is 94.4 Å². The van der Waals surface area contributed by atoms with Crippen molar-refractivity contribution in [2.75, 3.05) is 137 Å². The Kier molecular flexibility index (Phi) is 34.9. The number of carboxylic acid groups (broad SMARTS) is 6.